The lowest BCUT2D eigenvalue weighted by molar-refractivity contribution is -0.108. The van der Waals surface area contributed by atoms with Crippen molar-refractivity contribution in [2.45, 2.75) is 65.6 Å². The van der Waals surface area contributed by atoms with Gasteiger partial charge in [-0.2, -0.15) is 0 Å². The van der Waals surface area contributed by atoms with Gasteiger partial charge in [0.25, 0.3) is 5.56 Å². The van der Waals surface area contributed by atoms with Gasteiger partial charge < -0.3 is 20.6 Å². The van der Waals surface area contributed by atoms with Gasteiger partial charge in [0.15, 0.2) is 5.96 Å². The molecule has 2 unspecified atom stereocenters. The molecule has 4 aliphatic rings. The molecule has 1 aliphatic heterocycles. The Kier molecular flexibility index (Phi) is 7.83. The summed E-state index contributed by atoms with van der Waals surface area (Å²) in [7, 11) is 0. The van der Waals surface area contributed by atoms with Crippen LogP contribution in [0.2, 0.25) is 0 Å². The summed E-state index contributed by atoms with van der Waals surface area (Å²) in [4.78, 5) is 25.4. The zero-order valence-electron chi connectivity index (χ0n) is 25.1. The van der Waals surface area contributed by atoms with Gasteiger partial charge in [-0.1, -0.05) is 32.9 Å². The summed E-state index contributed by atoms with van der Waals surface area (Å²) >= 11 is 0. The van der Waals surface area contributed by atoms with Crippen LogP contribution < -0.4 is 16.2 Å². The first-order valence-electron chi connectivity index (χ1n) is 15.3. The van der Waals surface area contributed by atoms with E-state index in [2.05, 4.69) is 41.3 Å². The van der Waals surface area contributed by atoms with E-state index in [9.17, 15) is 14.3 Å². The fourth-order valence-corrected chi connectivity index (χ4v) is 7.40. The maximum absolute atomic E-state index is 14.3. The first kappa shape index (κ1) is 28.8. The Balaban J connectivity index is 1.24. The summed E-state index contributed by atoms with van der Waals surface area (Å²) in [6.07, 6.45) is 4.36. The van der Waals surface area contributed by atoms with Crippen LogP contribution in [0.25, 0.3) is 10.9 Å². The topological polar surface area (TPSA) is 94.8 Å². The molecule has 0 radical (unpaired) electrons. The minimum absolute atomic E-state index is 0.00742. The Morgan fingerprint density at radius 3 is 2.81 bits per heavy atom. The van der Waals surface area contributed by atoms with Crippen molar-refractivity contribution in [2.24, 2.45) is 28.2 Å². The van der Waals surface area contributed by atoms with Crippen LogP contribution in [-0.4, -0.2) is 63.8 Å². The third kappa shape index (κ3) is 5.44. The number of fused-ring (bicyclic) bond motifs is 3. The first-order chi connectivity index (χ1) is 20.1. The second kappa shape index (κ2) is 11.4. The number of aryl methyl sites for hydroxylation is 3. The minimum atomic E-state index is -0.247. The highest BCUT2D eigenvalue weighted by atomic mass is 19.1. The number of anilines is 1. The van der Waals surface area contributed by atoms with Crippen LogP contribution >= 0.6 is 0 Å². The maximum Gasteiger partial charge on any atom is 0.261 e. The Morgan fingerprint density at radius 2 is 2.07 bits per heavy atom. The molecule has 2 bridgehead atoms. The molecule has 42 heavy (non-hydrogen) atoms. The van der Waals surface area contributed by atoms with Gasteiger partial charge in [0.2, 0.25) is 0 Å². The van der Waals surface area contributed by atoms with Gasteiger partial charge in [0.1, 0.15) is 5.82 Å². The number of halogens is 1. The number of nitrogens with zero attached hydrogens (tertiary/aromatic N) is 4. The second-order valence-corrected chi connectivity index (χ2v) is 13.2. The van der Waals surface area contributed by atoms with Gasteiger partial charge in [-0.05, 0) is 84.7 Å². The number of hydrogen-bond acceptors (Lipinski definition) is 5. The highest BCUT2D eigenvalue weighted by molar-refractivity contribution is 5.96. The third-order valence-corrected chi connectivity index (χ3v) is 10.3. The van der Waals surface area contributed by atoms with Crippen LogP contribution in [0.3, 0.4) is 0 Å². The average Bonchev–Trinajstić information content (AvgIpc) is 2.98. The Labute approximate surface area is 247 Å². The van der Waals surface area contributed by atoms with Gasteiger partial charge in [-0.15, -0.1) is 0 Å². The molecule has 3 aromatic rings. The summed E-state index contributed by atoms with van der Waals surface area (Å²) in [6.45, 7) is 11.7. The number of aromatic nitrogens is 2. The van der Waals surface area contributed by atoms with Gasteiger partial charge in [0.05, 0.1) is 29.9 Å². The van der Waals surface area contributed by atoms with Crippen LogP contribution in [0, 0.1) is 35.9 Å². The maximum atomic E-state index is 14.3. The predicted molar refractivity (Wildman–Crippen MR) is 165 cm³/mol. The molecule has 224 valence electrons. The molecule has 0 amide bonds. The summed E-state index contributed by atoms with van der Waals surface area (Å²) in [6, 6.07) is 11.0. The van der Waals surface area contributed by atoms with Crippen LogP contribution in [-0.2, 0) is 13.0 Å². The number of rotatable bonds is 6. The monoisotopic (exact) mass is 574 g/mol. The van der Waals surface area contributed by atoms with Crippen molar-refractivity contribution in [3.05, 3.63) is 70.0 Å². The number of guanidine groups is 1. The lowest BCUT2D eigenvalue weighted by Crippen LogP contribution is -2.58. The molecule has 3 aliphatic carbocycles. The van der Waals surface area contributed by atoms with Crippen LogP contribution in [0.1, 0.15) is 44.7 Å². The molecule has 3 saturated carbocycles. The molecule has 1 aromatic heterocycles. The zero-order valence-corrected chi connectivity index (χ0v) is 25.1. The van der Waals surface area contributed by atoms with E-state index in [4.69, 9.17) is 4.99 Å². The second-order valence-electron chi connectivity index (χ2n) is 13.2. The van der Waals surface area contributed by atoms with Crippen molar-refractivity contribution in [2.75, 3.05) is 31.6 Å². The Hall–Kier alpha value is -3.30. The molecule has 4 fully saturated rings. The summed E-state index contributed by atoms with van der Waals surface area (Å²) < 4.78 is 15.9. The molecular weight excluding hydrogens is 531 g/mol. The van der Waals surface area contributed by atoms with Crippen molar-refractivity contribution < 1.29 is 9.50 Å². The van der Waals surface area contributed by atoms with Gasteiger partial charge >= 0.3 is 0 Å². The Bertz CT molecular complexity index is 1550. The van der Waals surface area contributed by atoms with E-state index in [0.717, 1.165) is 36.7 Å². The highest BCUT2D eigenvalue weighted by Gasteiger charge is 2.56. The number of aliphatic hydroxyl groups is 1. The minimum Gasteiger partial charge on any atom is -0.395 e. The fourth-order valence-electron chi connectivity index (χ4n) is 7.40. The summed E-state index contributed by atoms with van der Waals surface area (Å²) in [5.41, 5.74) is 3.13. The molecule has 9 heteroatoms. The number of hydrogen-bond donors (Lipinski definition) is 3. The molecule has 1 saturated heterocycles. The van der Waals surface area contributed by atoms with Gasteiger partial charge in [-0.3, -0.25) is 9.36 Å². The molecule has 5 atom stereocenters. The first-order valence-corrected chi connectivity index (χ1v) is 15.3. The van der Waals surface area contributed by atoms with E-state index in [1.54, 1.807) is 17.0 Å². The zero-order chi connectivity index (χ0) is 29.6. The number of piperazine rings is 1. The van der Waals surface area contributed by atoms with Crippen LogP contribution in [0.5, 0.6) is 0 Å². The number of aliphatic imine (C=N–C) groups is 1. The fraction of sp³-hybridized carbons (Fsp3) is 0.545. The van der Waals surface area contributed by atoms with Crippen molar-refractivity contribution in [1.82, 2.24) is 19.8 Å². The molecule has 0 spiro atoms. The number of benzene rings is 2. The van der Waals surface area contributed by atoms with E-state index in [0.29, 0.717) is 59.1 Å². The highest BCUT2D eigenvalue weighted by Crippen LogP contribution is 2.61. The number of aliphatic hydroxyl groups excluding tert-OH is 1. The standard InChI is InChI=1S/C33H43FN6O2/c1-20-5-6-22(28(34)13-20)9-11-40-19-36-30-16-24(7-8-26(30)31(40)42)37-32(39-12-10-35-25(17-39)18-41)38-29-15-23-14-27(21(29)2)33(23,3)4/h5-8,13,16,19,21,23,25,27,29,35,41H,9-12,14-15,17-18H2,1-4H3,(H,37,38)/t21-,23?,25+,27?,29-/m0/s1. The molecule has 8 nitrogen and oxygen atoms in total. The molecular formula is C33H43FN6O2. The smallest absolute Gasteiger partial charge is 0.261 e. The van der Waals surface area contributed by atoms with Crippen molar-refractivity contribution in [1.29, 1.82) is 0 Å². The summed E-state index contributed by atoms with van der Waals surface area (Å²) in [5.74, 6) is 2.47. The van der Waals surface area contributed by atoms with E-state index >= 15 is 0 Å². The largest absolute Gasteiger partial charge is 0.395 e. The van der Waals surface area contributed by atoms with E-state index in [1.165, 1.54) is 12.5 Å². The van der Waals surface area contributed by atoms with Crippen LogP contribution in [0.15, 0.2) is 52.5 Å². The van der Waals surface area contributed by atoms with Gasteiger partial charge in [-0.25, -0.2) is 14.4 Å². The Morgan fingerprint density at radius 1 is 1.24 bits per heavy atom. The van der Waals surface area contributed by atoms with Crippen molar-refractivity contribution in [3.63, 3.8) is 0 Å². The SMILES string of the molecule is Cc1ccc(CCn2cnc3cc(N/C(=N/[C@H]4CC5CC([C@@H]4C)C5(C)C)N4CCN[C@@H](CO)C4)ccc3c2=O)c(F)c1. The van der Waals surface area contributed by atoms with Crippen molar-refractivity contribution >= 4 is 22.5 Å². The van der Waals surface area contributed by atoms with Crippen molar-refractivity contribution in [3.8, 4) is 0 Å². The quantitative estimate of drug-likeness (QED) is 0.302. The summed E-state index contributed by atoms with van der Waals surface area (Å²) in [5, 5.41) is 17.3. The van der Waals surface area contributed by atoms with Crippen LogP contribution in [0.4, 0.5) is 10.1 Å². The van der Waals surface area contributed by atoms with E-state index in [-0.39, 0.29) is 30.1 Å². The average molecular weight is 575 g/mol. The lowest BCUT2D eigenvalue weighted by Gasteiger charge is -2.61. The molecule has 2 heterocycles. The predicted octanol–water partition coefficient (Wildman–Crippen LogP) is 4.19. The molecule has 7 rings (SSSR count). The normalized spacial score (nSPS) is 27.1. The number of nitrogens with one attached hydrogen (secondary N) is 2. The third-order valence-electron chi connectivity index (χ3n) is 10.3. The molecule has 3 N–H and O–H groups in total. The molecule has 2 aromatic carbocycles. The lowest BCUT2D eigenvalue weighted by atomic mass is 9.45. The van der Waals surface area contributed by atoms with E-state index < -0.39 is 0 Å². The van der Waals surface area contributed by atoms with Gasteiger partial charge in [0, 0.05) is 37.9 Å². The van der Waals surface area contributed by atoms with E-state index in [1.807, 2.05) is 31.2 Å².